The van der Waals surface area contributed by atoms with Crippen molar-refractivity contribution in [3.63, 3.8) is 0 Å². The van der Waals surface area contributed by atoms with Crippen LogP contribution in [0, 0.1) is 12.7 Å². The number of benzene rings is 2. The Hall–Kier alpha value is -2.40. The smallest absolute Gasteiger partial charge is 0.388 e. The van der Waals surface area contributed by atoms with Crippen LogP contribution in [0.25, 0.3) is 22.0 Å². The van der Waals surface area contributed by atoms with E-state index in [1.54, 1.807) is 0 Å². The first-order chi connectivity index (χ1) is 13.0. The van der Waals surface area contributed by atoms with Crippen molar-refractivity contribution in [1.82, 2.24) is 10.2 Å². The monoisotopic (exact) mass is 432 g/mol. The number of aromatic amines is 1. The molecule has 1 aromatic heterocycles. The molecule has 0 fully saturated rings. The van der Waals surface area contributed by atoms with Crippen LogP contribution in [0.2, 0.25) is 0 Å². The average molecular weight is 432 g/mol. The molecule has 1 N–H and O–H groups in total. The average Bonchev–Trinajstić information content (AvgIpc) is 2.97. The maximum Gasteiger partial charge on any atom is 0.388 e. The Morgan fingerprint density at radius 3 is 2.50 bits per heavy atom. The van der Waals surface area contributed by atoms with Gasteiger partial charge < -0.3 is 4.74 Å². The molecule has 1 unspecified atom stereocenters. The number of hydrogen-bond acceptors (Lipinski definition) is 5. The normalized spacial score (nSPS) is 13.2. The number of aromatic nitrogens is 2. The number of fused-ring (bicyclic) bond motifs is 1. The molecule has 2 aromatic carbocycles. The van der Waals surface area contributed by atoms with Crippen molar-refractivity contribution in [3.8, 4) is 17.0 Å². The van der Waals surface area contributed by atoms with Gasteiger partial charge in [0.15, 0.2) is 9.84 Å². The Balaban J connectivity index is 2.42. The molecule has 0 aliphatic rings. The highest BCUT2D eigenvalue weighted by Crippen LogP contribution is 2.40. The third kappa shape index (κ3) is 3.63. The molecule has 3 rings (SSSR count). The van der Waals surface area contributed by atoms with Crippen LogP contribution in [0.15, 0.2) is 34.1 Å². The molecule has 0 bridgehead atoms. The standard InChI is InChI=1S/C17H15F3N2O4S2/c1-8-6-9(10(18)7-13(8)28(3,24)25)14-12(27(2)23)5-4-11-15(14)16(22-21-11)26-17(19)20/h4-7,17H,1-3H3,(H,21,22). The van der Waals surface area contributed by atoms with Crippen LogP contribution in [-0.2, 0) is 20.6 Å². The lowest BCUT2D eigenvalue weighted by molar-refractivity contribution is -0.0518. The lowest BCUT2D eigenvalue weighted by Gasteiger charge is -2.14. The number of halogens is 3. The molecule has 1 atom stereocenters. The molecule has 28 heavy (non-hydrogen) atoms. The summed E-state index contributed by atoms with van der Waals surface area (Å²) >= 11 is 0. The van der Waals surface area contributed by atoms with Gasteiger partial charge in [0.25, 0.3) is 0 Å². The number of nitrogens with one attached hydrogen (secondary N) is 1. The summed E-state index contributed by atoms with van der Waals surface area (Å²) < 4.78 is 80.8. The SMILES string of the molecule is Cc1cc(-c2c(S(C)=O)ccc3[nH]nc(OC(F)F)c23)c(F)cc1S(C)(=O)=O. The highest BCUT2D eigenvalue weighted by Gasteiger charge is 2.24. The minimum absolute atomic E-state index is 0.0263. The lowest BCUT2D eigenvalue weighted by atomic mass is 9.99. The second-order valence-corrected chi connectivity index (χ2v) is 9.42. The highest BCUT2D eigenvalue weighted by molar-refractivity contribution is 7.90. The van der Waals surface area contributed by atoms with Gasteiger partial charge in [0, 0.05) is 28.5 Å². The van der Waals surface area contributed by atoms with E-state index in [9.17, 15) is 25.8 Å². The quantitative estimate of drug-likeness (QED) is 0.667. The molecule has 0 spiro atoms. The van der Waals surface area contributed by atoms with Crippen molar-refractivity contribution in [2.75, 3.05) is 12.5 Å². The van der Waals surface area contributed by atoms with Gasteiger partial charge in [0.1, 0.15) is 5.82 Å². The number of sulfone groups is 1. The molecule has 0 amide bonds. The van der Waals surface area contributed by atoms with E-state index < -0.39 is 38.9 Å². The fourth-order valence-electron chi connectivity index (χ4n) is 3.00. The van der Waals surface area contributed by atoms with Crippen LogP contribution in [0.3, 0.4) is 0 Å². The molecule has 0 saturated heterocycles. The van der Waals surface area contributed by atoms with Crippen molar-refractivity contribution in [1.29, 1.82) is 0 Å². The zero-order valence-electron chi connectivity index (χ0n) is 14.9. The van der Waals surface area contributed by atoms with Crippen LogP contribution in [-0.4, -0.2) is 41.9 Å². The van der Waals surface area contributed by atoms with Gasteiger partial charge in [0.2, 0.25) is 5.88 Å². The zero-order chi connectivity index (χ0) is 20.8. The van der Waals surface area contributed by atoms with Crippen molar-refractivity contribution in [3.05, 3.63) is 35.6 Å². The molecule has 0 aliphatic heterocycles. The van der Waals surface area contributed by atoms with Gasteiger partial charge in [0.05, 0.1) is 26.6 Å². The number of hydrogen-bond donors (Lipinski definition) is 1. The van der Waals surface area contributed by atoms with Gasteiger partial charge in [-0.1, -0.05) is 0 Å². The first-order valence-electron chi connectivity index (χ1n) is 7.80. The molecule has 11 heteroatoms. The van der Waals surface area contributed by atoms with Crippen molar-refractivity contribution < 1.29 is 30.5 Å². The van der Waals surface area contributed by atoms with Crippen molar-refractivity contribution in [2.24, 2.45) is 0 Å². The van der Waals surface area contributed by atoms with Gasteiger partial charge in [-0.2, -0.15) is 8.78 Å². The van der Waals surface area contributed by atoms with Crippen molar-refractivity contribution >= 4 is 31.5 Å². The Morgan fingerprint density at radius 1 is 1.25 bits per heavy atom. The first kappa shape index (κ1) is 20.3. The number of ether oxygens (including phenoxy) is 1. The van der Waals surface area contributed by atoms with Gasteiger partial charge >= 0.3 is 6.61 Å². The molecule has 150 valence electrons. The second-order valence-electron chi connectivity index (χ2n) is 6.09. The maximum absolute atomic E-state index is 14.9. The van der Waals surface area contributed by atoms with E-state index in [0.29, 0.717) is 0 Å². The van der Waals surface area contributed by atoms with E-state index in [0.717, 1.165) is 12.3 Å². The van der Waals surface area contributed by atoms with Gasteiger partial charge in [-0.3, -0.25) is 9.31 Å². The van der Waals surface area contributed by atoms with Crippen LogP contribution in [0.4, 0.5) is 13.2 Å². The number of rotatable bonds is 5. The Bertz CT molecular complexity index is 1210. The molecule has 0 radical (unpaired) electrons. The number of H-pyrrole nitrogens is 1. The predicted octanol–water partition coefficient (Wildman–Crippen LogP) is 3.42. The first-order valence-corrected chi connectivity index (χ1v) is 11.3. The number of aryl methyl sites for hydroxylation is 1. The van der Waals surface area contributed by atoms with Crippen LogP contribution >= 0.6 is 0 Å². The summed E-state index contributed by atoms with van der Waals surface area (Å²) in [6, 6.07) is 5.05. The predicted molar refractivity (Wildman–Crippen MR) is 98.3 cm³/mol. The number of nitrogens with zero attached hydrogens (tertiary/aromatic N) is 1. The van der Waals surface area contributed by atoms with Gasteiger partial charge in [-0.25, -0.2) is 12.8 Å². The van der Waals surface area contributed by atoms with Crippen molar-refractivity contribution in [2.45, 2.75) is 23.3 Å². The summed E-state index contributed by atoms with van der Waals surface area (Å²) in [5, 5.41) is 6.23. The molecule has 0 saturated carbocycles. The third-order valence-corrected chi connectivity index (χ3v) is 6.30. The molecule has 1 heterocycles. The van der Waals surface area contributed by atoms with E-state index in [-0.39, 0.29) is 37.4 Å². The van der Waals surface area contributed by atoms with E-state index in [4.69, 9.17) is 0 Å². The van der Waals surface area contributed by atoms with Crippen LogP contribution < -0.4 is 4.74 Å². The third-order valence-electron chi connectivity index (χ3n) is 4.10. The lowest BCUT2D eigenvalue weighted by Crippen LogP contribution is -2.05. The summed E-state index contributed by atoms with van der Waals surface area (Å²) in [5.74, 6) is -1.38. The summed E-state index contributed by atoms with van der Waals surface area (Å²) in [6.07, 6.45) is 2.31. The minimum Gasteiger partial charge on any atom is -0.415 e. The molecule has 3 aromatic rings. The number of alkyl halides is 2. The summed E-state index contributed by atoms with van der Waals surface area (Å²) in [6.45, 7) is -1.69. The Kier molecular flexibility index (Phi) is 5.24. The van der Waals surface area contributed by atoms with Crippen LogP contribution in [0.1, 0.15) is 5.56 Å². The van der Waals surface area contributed by atoms with Gasteiger partial charge in [-0.15, -0.1) is 5.10 Å². The summed E-state index contributed by atoms with van der Waals surface area (Å²) in [4.78, 5) is -0.0326. The topological polar surface area (TPSA) is 89.1 Å². The largest absolute Gasteiger partial charge is 0.415 e. The molecule has 0 aliphatic carbocycles. The van der Waals surface area contributed by atoms with Crippen LogP contribution in [0.5, 0.6) is 5.88 Å². The Labute approximate surface area is 161 Å². The second kappa shape index (κ2) is 7.21. The van der Waals surface area contributed by atoms with E-state index in [1.807, 2.05) is 0 Å². The highest BCUT2D eigenvalue weighted by atomic mass is 32.2. The zero-order valence-corrected chi connectivity index (χ0v) is 16.6. The molecular formula is C17H15F3N2O4S2. The summed E-state index contributed by atoms with van der Waals surface area (Å²) in [5.41, 5.74) is 0.470. The Morgan fingerprint density at radius 2 is 1.93 bits per heavy atom. The maximum atomic E-state index is 14.9. The van der Waals surface area contributed by atoms with Gasteiger partial charge in [-0.05, 0) is 36.8 Å². The fraction of sp³-hybridized carbons (Fsp3) is 0.235. The minimum atomic E-state index is -3.68. The summed E-state index contributed by atoms with van der Waals surface area (Å²) in [7, 11) is -5.29. The molecular weight excluding hydrogens is 417 g/mol. The fourth-order valence-corrected chi connectivity index (χ4v) is 4.72. The van der Waals surface area contributed by atoms with E-state index in [2.05, 4.69) is 14.9 Å². The molecule has 6 nitrogen and oxygen atoms in total. The van der Waals surface area contributed by atoms with E-state index >= 15 is 0 Å². The van der Waals surface area contributed by atoms with E-state index in [1.165, 1.54) is 31.4 Å².